The maximum Gasteiger partial charge on any atom is 0.341 e. The summed E-state index contributed by atoms with van der Waals surface area (Å²) in [6.07, 6.45) is 3.84. The van der Waals surface area contributed by atoms with Gasteiger partial charge in [-0.05, 0) is 54.9 Å². The molecule has 0 saturated heterocycles. The summed E-state index contributed by atoms with van der Waals surface area (Å²) in [5.74, 6) is -0.253. The van der Waals surface area contributed by atoms with Gasteiger partial charge in [-0.15, -0.1) is 11.3 Å². The topological polar surface area (TPSA) is 50.4 Å². The van der Waals surface area contributed by atoms with Crippen molar-refractivity contribution in [2.45, 2.75) is 32.6 Å². The number of hydrogen-bond acceptors (Lipinski definition) is 4. The summed E-state index contributed by atoms with van der Waals surface area (Å²) in [5, 5.41) is 10.0. The maximum atomic E-state index is 12.6. The van der Waals surface area contributed by atoms with Crippen molar-refractivity contribution in [3.63, 3.8) is 0 Å². The second-order valence-electron chi connectivity index (χ2n) is 6.80. The molecule has 0 radical (unpaired) electrons. The minimum Gasteiger partial charge on any atom is -0.462 e. The van der Waals surface area contributed by atoms with E-state index in [1.165, 1.54) is 4.88 Å². The molecule has 4 rings (SSSR count). The third kappa shape index (κ3) is 3.75. The summed E-state index contributed by atoms with van der Waals surface area (Å²) in [4.78, 5) is 13.9. The Morgan fingerprint density at radius 2 is 1.96 bits per heavy atom. The smallest absolute Gasteiger partial charge is 0.341 e. The lowest BCUT2D eigenvalue weighted by Gasteiger charge is -2.13. The Morgan fingerprint density at radius 1 is 1.14 bits per heavy atom. The molecule has 4 nitrogen and oxygen atoms in total. The van der Waals surface area contributed by atoms with Crippen molar-refractivity contribution in [3.8, 4) is 0 Å². The molecule has 0 atom stereocenters. The first kappa shape index (κ1) is 18.9. The van der Waals surface area contributed by atoms with Crippen LogP contribution in [0.25, 0.3) is 10.8 Å². The van der Waals surface area contributed by atoms with Gasteiger partial charge in [0.05, 0.1) is 12.2 Å². The molecular formula is C22H22N2O2S2. The molecule has 1 aromatic heterocycles. The molecule has 6 heteroatoms. The van der Waals surface area contributed by atoms with Gasteiger partial charge in [-0.2, -0.15) is 0 Å². The molecule has 1 heterocycles. The number of fused-ring (bicyclic) bond motifs is 2. The molecule has 0 aliphatic heterocycles. The van der Waals surface area contributed by atoms with E-state index >= 15 is 0 Å². The minimum absolute atomic E-state index is 0.253. The second-order valence-corrected chi connectivity index (χ2v) is 8.32. The highest BCUT2D eigenvalue weighted by Gasteiger charge is 2.28. The summed E-state index contributed by atoms with van der Waals surface area (Å²) in [5.41, 5.74) is 2.73. The SMILES string of the molecule is CCCOC(=O)c1c(NC(=S)Nc2cccc3ccccc23)sc2c1CCC2. The molecular weight excluding hydrogens is 388 g/mol. The van der Waals surface area contributed by atoms with E-state index in [-0.39, 0.29) is 5.97 Å². The molecule has 0 bridgehead atoms. The zero-order chi connectivity index (χ0) is 19.5. The fourth-order valence-electron chi connectivity index (χ4n) is 3.57. The third-order valence-corrected chi connectivity index (χ3v) is 6.24. The number of anilines is 2. The van der Waals surface area contributed by atoms with Crippen molar-refractivity contribution >= 4 is 56.1 Å². The van der Waals surface area contributed by atoms with Crippen molar-refractivity contribution in [1.29, 1.82) is 0 Å². The van der Waals surface area contributed by atoms with Crippen LogP contribution in [0.2, 0.25) is 0 Å². The van der Waals surface area contributed by atoms with Gasteiger partial charge in [0.2, 0.25) is 0 Å². The van der Waals surface area contributed by atoms with Gasteiger partial charge in [0.15, 0.2) is 5.11 Å². The maximum absolute atomic E-state index is 12.6. The molecule has 0 fully saturated rings. The van der Waals surface area contributed by atoms with E-state index in [2.05, 4.69) is 28.8 Å². The van der Waals surface area contributed by atoms with E-state index in [0.717, 1.165) is 52.7 Å². The normalized spacial score (nSPS) is 12.6. The summed E-state index contributed by atoms with van der Waals surface area (Å²) in [6, 6.07) is 14.2. The Hall–Kier alpha value is -2.44. The van der Waals surface area contributed by atoms with Gasteiger partial charge in [-0.3, -0.25) is 0 Å². The van der Waals surface area contributed by atoms with Gasteiger partial charge in [-0.1, -0.05) is 43.3 Å². The average Bonchev–Trinajstić information content (AvgIpc) is 3.27. The highest BCUT2D eigenvalue weighted by Crippen LogP contribution is 2.39. The van der Waals surface area contributed by atoms with Crippen LogP contribution in [0.1, 0.15) is 40.6 Å². The first-order valence-corrected chi connectivity index (χ1v) is 10.8. The van der Waals surface area contributed by atoms with Crippen LogP contribution in [0.4, 0.5) is 10.7 Å². The standard InChI is InChI=1S/C22H22N2O2S2/c1-2-13-26-21(25)19-16-10-6-12-18(16)28-20(19)24-22(27)23-17-11-5-8-14-7-3-4-9-15(14)17/h3-5,7-9,11H,2,6,10,12-13H2,1H3,(H2,23,24,27). The van der Waals surface area contributed by atoms with Crippen LogP contribution in [0.5, 0.6) is 0 Å². The van der Waals surface area contributed by atoms with Crippen molar-refractivity contribution in [2.75, 3.05) is 17.2 Å². The van der Waals surface area contributed by atoms with E-state index in [4.69, 9.17) is 17.0 Å². The summed E-state index contributed by atoms with van der Waals surface area (Å²) in [6.45, 7) is 2.43. The molecule has 2 N–H and O–H groups in total. The van der Waals surface area contributed by atoms with Gasteiger partial charge >= 0.3 is 5.97 Å². The van der Waals surface area contributed by atoms with Crippen LogP contribution >= 0.6 is 23.6 Å². The number of carbonyl (C=O) groups is 1. The first-order chi connectivity index (χ1) is 13.7. The zero-order valence-electron chi connectivity index (χ0n) is 15.7. The van der Waals surface area contributed by atoms with E-state index in [0.29, 0.717) is 17.3 Å². The summed E-state index contributed by atoms with van der Waals surface area (Å²) >= 11 is 7.17. The molecule has 0 spiro atoms. The number of hydrogen-bond donors (Lipinski definition) is 2. The fraction of sp³-hybridized carbons (Fsp3) is 0.273. The van der Waals surface area contributed by atoms with E-state index in [1.54, 1.807) is 11.3 Å². The first-order valence-electron chi connectivity index (χ1n) is 9.54. The van der Waals surface area contributed by atoms with Crippen LogP contribution in [-0.4, -0.2) is 17.7 Å². The Bertz CT molecular complexity index is 1040. The van der Waals surface area contributed by atoms with Crippen molar-refractivity contribution in [1.82, 2.24) is 0 Å². The molecule has 144 valence electrons. The molecule has 28 heavy (non-hydrogen) atoms. The number of aryl methyl sites for hydroxylation is 1. The Kier molecular flexibility index (Phi) is 5.59. The molecule has 0 amide bonds. The Balaban J connectivity index is 1.57. The number of thiocarbonyl (C=S) groups is 1. The third-order valence-electron chi connectivity index (χ3n) is 4.83. The quantitative estimate of drug-likeness (QED) is 0.413. The summed E-state index contributed by atoms with van der Waals surface area (Å²) in [7, 11) is 0. The number of rotatable bonds is 5. The zero-order valence-corrected chi connectivity index (χ0v) is 17.3. The predicted octanol–water partition coefficient (Wildman–Crippen LogP) is 5.77. The lowest BCUT2D eigenvalue weighted by atomic mass is 10.1. The lowest BCUT2D eigenvalue weighted by molar-refractivity contribution is 0.0505. The van der Waals surface area contributed by atoms with Gasteiger partial charge in [-0.25, -0.2) is 4.79 Å². The molecule has 0 saturated carbocycles. The Labute approximate surface area is 173 Å². The average molecular weight is 411 g/mol. The Morgan fingerprint density at radius 3 is 2.82 bits per heavy atom. The largest absolute Gasteiger partial charge is 0.462 e. The number of thiophene rings is 1. The highest BCUT2D eigenvalue weighted by molar-refractivity contribution is 7.80. The van der Waals surface area contributed by atoms with Crippen LogP contribution in [-0.2, 0) is 17.6 Å². The van der Waals surface area contributed by atoms with Crippen molar-refractivity contribution in [3.05, 3.63) is 58.5 Å². The molecule has 3 aromatic rings. The van der Waals surface area contributed by atoms with E-state index < -0.39 is 0 Å². The molecule has 1 aliphatic carbocycles. The van der Waals surface area contributed by atoms with E-state index in [9.17, 15) is 4.79 Å². The number of esters is 1. The monoisotopic (exact) mass is 410 g/mol. The predicted molar refractivity (Wildman–Crippen MR) is 121 cm³/mol. The van der Waals surface area contributed by atoms with Crippen LogP contribution in [0.3, 0.4) is 0 Å². The number of ether oxygens (including phenoxy) is 1. The van der Waals surface area contributed by atoms with Gasteiger partial charge in [0.1, 0.15) is 5.00 Å². The van der Waals surface area contributed by atoms with Crippen LogP contribution < -0.4 is 10.6 Å². The second kappa shape index (κ2) is 8.29. The van der Waals surface area contributed by atoms with Crippen molar-refractivity contribution in [2.24, 2.45) is 0 Å². The van der Waals surface area contributed by atoms with Gasteiger partial charge in [0, 0.05) is 16.0 Å². The lowest BCUT2D eigenvalue weighted by Crippen LogP contribution is -2.20. The number of benzene rings is 2. The number of carbonyl (C=O) groups excluding carboxylic acids is 1. The van der Waals surface area contributed by atoms with Gasteiger partial charge < -0.3 is 15.4 Å². The number of nitrogens with one attached hydrogen (secondary N) is 2. The molecule has 0 unspecified atom stereocenters. The molecule has 1 aliphatic rings. The van der Waals surface area contributed by atoms with Crippen molar-refractivity contribution < 1.29 is 9.53 Å². The van der Waals surface area contributed by atoms with Crippen LogP contribution in [0, 0.1) is 0 Å². The minimum atomic E-state index is -0.253. The van der Waals surface area contributed by atoms with Gasteiger partial charge in [0.25, 0.3) is 0 Å². The van der Waals surface area contributed by atoms with E-state index in [1.807, 2.05) is 31.2 Å². The fourth-order valence-corrected chi connectivity index (χ4v) is 5.12. The van der Waals surface area contributed by atoms with Crippen LogP contribution in [0.15, 0.2) is 42.5 Å². The highest BCUT2D eigenvalue weighted by atomic mass is 32.1. The molecule has 2 aromatic carbocycles. The summed E-state index contributed by atoms with van der Waals surface area (Å²) < 4.78 is 5.42.